The Balaban J connectivity index is 2.61. The Morgan fingerprint density at radius 1 is 1.29 bits per heavy atom. The van der Waals surface area contributed by atoms with Gasteiger partial charge in [-0.1, -0.05) is 25.1 Å². The Labute approximate surface area is 145 Å². The molecule has 0 saturated carbocycles. The van der Waals surface area contributed by atoms with Gasteiger partial charge in [0.05, 0.1) is 6.61 Å². The van der Waals surface area contributed by atoms with E-state index >= 15 is 0 Å². The standard InChI is InChI=1S/C19H31NO4/c1-6-16(20-18(22)24-19(3,4)5)12-11-15-9-7-8-10-17(15)23-14(2)13-21/h7-10,14,16,21H,6,11-13H2,1-5H3,(H,20,22)/t14-,16-/m1/s1. The van der Waals surface area contributed by atoms with Crippen molar-refractivity contribution in [2.24, 2.45) is 0 Å². The van der Waals surface area contributed by atoms with Crippen LogP contribution in [0.3, 0.4) is 0 Å². The van der Waals surface area contributed by atoms with Crippen molar-refractivity contribution in [3.63, 3.8) is 0 Å². The Morgan fingerprint density at radius 2 is 1.96 bits per heavy atom. The molecule has 5 heteroatoms. The van der Waals surface area contributed by atoms with Gasteiger partial charge in [-0.05, 0) is 58.6 Å². The van der Waals surface area contributed by atoms with E-state index in [1.54, 1.807) is 0 Å². The van der Waals surface area contributed by atoms with Gasteiger partial charge in [-0.3, -0.25) is 0 Å². The molecule has 0 unspecified atom stereocenters. The summed E-state index contributed by atoms with van der Waals surface area (Å²) in [5, 5.41) is 12.1. The fourth-order valence-electron chi connectivity index (χ4n) is 2.26. The van der Waals surface area contributed by atoms with Crippen LogP contribution >= 0.6 is 0 Å². The summed E-state index contributed by atoms with van der Waals surface area (Å²) in [7, 11) is 0. The molecular weight excluding hydrogens is 306 g/mol. The van der Waals surface area contributed by atoms with Gasteiger partial charge in [-0.2, -0.15) is 0 Å². The average Bonchev–Trinajstić information content (AvgIpc) is 2.50. The van der Waals surface area contributed by atoms with Crippen LogP contribution < -0.4 is 10.1 Å². The third-order valence-electron chi connectivity index (χ3n) is 3.53. The van der Waals surface area contributed by atoms with Crippen LogP contribution in [0, 0.1) is 0 Å². The van der Waals surface area contributed by atoms with Crippen LogP contribution in [0.1, 0.15) is 53.0 Å². The highest BCUT2D eigenvalue weighted by Crippen LogP contribution is 2.22. The minimum Gasteiger partial charge on any atom is -0.488 e. The van der Waals surface area contributed by atoms with Crippen molar-refractivity contribution in [2.45, 2.75) is 71.6 Å². The fraction of sp³-hybridized carbons (Fsp3) is 0.632. The van der Waals surface area contributed by atoms with Gasteiger partial charge < -0.3 is 19.9 Å². The van der Waals surface area contributed by atoms with Gasteiger partial charge in [0.15, 0.2) is 0 Å². The number of aliphatic hydroxyl groups is 1. The maximum absolute atomic E-state index is 11.9. The van der Waals surface area contributed by atoms with Crippen LogP contribution in [0.15, 0.2) is 24.3 Å². The van der Waals surface area contributed by atoms with Gasteiger partial charge in [0.2, 0.25) is 0 Å². The summed E-state index contributed by atoms with van der Waals surface area (Å²) in [6, 6.07) is 7.85. The predicted molar refractivity (Wildman–Crippen MR) is 95.4 cm³/mol. The molecule has 1 amide bonds. The smallest absolute Gasteiger partial charge is 0.407 e. The van der Waals surface area contributed by atoms with E-state index in [4.69, 9.17) is 14.6 Å². The van der Waals surface area contributed by atoms with Crippen molar-refractivity contribution in [2.75, 3.05) is 6.61 Å². The molecule has 5 nitrogen and oxygen atoms in total. The molecule has 1 rings (SSSR count). The molecule has 0 aliphatic rings. The second-order valence-electron chi connectivity index (χ2n) is 7.01. The lowest BCUT2D eigenvalue weighted by molar-refractivity contribution is 0.0500. The third-order valence-corrected chi connectivity index (χ3v) is 3.53. The molecule has 0 fully saturated rings. The highest BCUT2D eigenvalue weighted by atomic mass is 16.6. The number of benzene rings is 1. The quantitative estimate of drug-likeness (QED) is 0.759. The molecule has 24 heavy (non-hydrogen) atoms. The minimum atomic E-state index is -0.497. The number of hydrogen-bond donors (Lipinski definition) is 2. The Bertz CT molecular complexity index is 510. The van der Waals surface area contributed by atoms with Crippen molar-refractivity contribution < 1.29 is 19.4 Å². The normalized spacial score (nSPS) is 13.9. The second kappa shape index (κ2) is 9.52. The van der Waals surface area contributed by atoms with Gasteiger partial charge >= 0.3 is 6.09 Å². The number of ether oxygens (including phenoxy) is 2. The predicted octanol–water partition coefficient (Wildman–Crippen LogP) is 3.68. The number of amides is 1. The number of para-hydroxylation sites is 1. The van der Waals surface area contributed by atoms with E-state index < -0.39 is 5.60 Å². The number of alkyl carbamates (subject to hydrolysis) is 1. The molecule has 0 aliphatic carbocycles. The highest BCUT2D eigenvalue weighted by molar-refractivity contribution is 5.68. The molecule has 1 aromatic carbocycles. The highest BCUT2D eigenvalue weighted by Gasteiger charge is 2.19. The summed E-state index contributed by atoms with van der Waals surface area (Å²) in [6.07, 6.45) is 1.78. The monoisotopic (exact) mass is 337 g/mol. The van der Waals surface area contributed by atoms with Gasteiger partial charge in [0.1, 0.15) is 17.5 Å². The molecule has 0 bridgehead atoms. The number of carbonyl (C=O) groups excluding carboxylic acids is 1. The SMILES string of the molecule is CC[C@H](CCc1ccccc1O[C@H](C)CO)NC(=O)OC(C)(C)C. The molecule has 136 valence electrons. The van der Waals surface area contributed by atoms with E-state index in [9.17, 15) is 4.79 Å². The first kappa shape index (κ1) is 20.3. The number of hydrogen-bond acceptors (Lipinski definition) is 4. The number of aliphatic hydroxyl groups excluding tert-OH is 1. The Hall–Kier alpha value is -1.75. The van der Waals surface area contributed by atoms with E-state index in [0.29, 0.717) is 0 Å². The van der Waals surface area contributed by atoms with Crippen LogP contribution in [-0.2, 0) is 11.2 Å². The molecule has 0 radical (unpaired) electrons. The lowest BCUT2D eigenvalue weighted by Gasteiger charge is -2.23. The first-order chi connectivity index (χ1) is 11.2. The van der Waals surface area contributed by atoms with Crippen molar-refractivity contribution in [1.82, 2.24) is 5.32 Å². The van der Waals surface area contributed by atoms with Crippen molar-refractivity contribution in [3.8, 4) is 5.75 Å². The van der Waals surface area contributed by atoms with E-state index in [0.717, 1.165) is 30.6 Å². The van der Waals surface area contributed by atoms with Crippen LogP contribution in [0.25, 0.3) is 0 Å². The zero-order valence-electron chi connectivity index (χ0n) is 15.5. The fourth-order valence-corrected chi connectivity index (χ4v) is 2.26. The zero-order valence-corrected chi connectivity index (χ0v) is 15.5. The number of aryl methyl sites for hydroxylation is 1. The third kappa shape index (κ3) is 7.68. The van der Waals surface area contributed by atoms with Gasteiger partial charge in [0, 0.05) is 6.04 Å². The molecule has 2 N–H and O–H groups in total. The summed E-state index contributed by atoms with van der Waals surface area (Å²) in [4.78, 5) is 11.9. The van der Waals surface area contributed by atoms with Crippen molar-refractivity contribution in [3.05, 3.63) is 29.8 Å². The molecule has 0 spiro atoms. The molecular formula is C19H31NO4. The van der Waals surface area contributed by atoms with Crippen LogP contribution in [0.5, 0.6) is 5.75 Å². The van der Waals surface area contributed by atoms with E-state index in [2.05, 4.69) is 5.32 Å². The molecule has 1 aromatic rings. The molecule has 0 aromatic heterocycles. The molecule has 0 heterocycles. The van der Waals surface area contributed by atoms with Gasteiger partial charge in [-0.25, -0.2) is 4.79 Å². The van der Waals surface area contributed by atoms with Gasteiger partial charge in [0.25, 0.3) is 0 Å². The number of rotatable bonds is 8. The summed E-state index contributed by atoms with van der Waals surface area (Å²) in [6.45, 7) is 9.40. The van der Waals surface area contributed by atoms with E-state index in [1.165, 1.54) is 0 Å². The first-order valence-corrected chi connectivity index (χ1v) is 8.60. The molecule has 2 atom stereocenters. The maximum Gasteiger partial charge on any atom is 0.407 e. The van der Waals surface area contributed by atoms with E-state index in [-0.39, 0.29) is 24.8 Å². The summed E-state index contributed by atoms with van der Waals surface area (Å²) in [5.74, 6) is 0.783. The van der Waals surface area contributed by atoms with Crippen LogP contribution in [-0.4, -0.2) is 35.6 Å². The number of carbonyl (C=O) groups is 1. The summed E-state index contributed by atoms with van der Waals surface area (Å²) in [5.41, 5.74) is 0.575. The van der Waals surface area contributed by atoms with Crippen LogP contribution in [0.2, 0.25) is 0 Å². The minimum absolute atomic E-state index is 0.0217. The number of nitrogens with one attached hydrogen (secondary N) is 1. The zero-order chi connectivity index (χ0) is 18.2. The molecule has 0 aliphatic heterocycles. The average molecular weight is 337 g/mol. The van der Waals surface area contributed by atoms with Gasteiger partial charge in [-0.15, -0.1) is 0 Å². The topological polar surface area (TPSA) is 67.8 Å². The molecule has 0 saturated heterocycles. The Kier molecular flexibility index (Phi) is 8.05. The van der Waals surface area contributed by atoms with Crippen molar-refractivity contribution >= 4 is 6.09 Å². The first-order valence-electron chi connectivity index (χ1n) is 8.60. The van der Waals surface area contributed by atoms with Crippen molar-refractivity contribution in [1.29, 1.82) is 0 Å². The van der Waals surface area contributed by atoms with E-state index in [1.807, 2.05) is 58.9 Å². The lowest BCUT2D eigenvalue weighted by Crippen LogP contribution is -2.39. The van der Waals surface area contributed by atoms with Crippen LogP contribution in [0.4, 0.5) is 4.79 Å². The summed E-state index contributed by atoms with van der Waals surface area (Å²) < 4.78 is 11.1. The lowest BCUT2D eigenvalue weighted by atomic mass is 10.0. The Morgan fingerprint density at radius 3 is 2.54 bits per heavy atom. The maximum atomic E-state index is 11.9. The summed E-state index contributed by atoms with van der Waals surface area (Å²) >= 11 is 0. The largest absolute Gasteiger partial charge is 0.488 e. The second-order valence-corrected chi connectivity index (χ2v) is 7.01.